The van der Waals surface area contributed by atoms with Gasteiger partial charge in [0.25, 0.3) is 0 Å². The van der Waals surface area contributed by atoms with E-state index in [0.717, 1.165) is 11.1 Å². The van der Waals surface area contributed by atoms with Crippen LogP contribution in [0, 0.1) is 0 Å². The summed E-state index contributed by atoms with van der Waals surface area (Å²) >= 11 is 5.88. The van der Waals surface area contributed by atoms with Crippen molar-refractivity contribution in [3.8, 4) is 11.4 Å². The van der Waals surface area contributed by atoms with Gasteiger partial charge in [0.1, 0.15) is 0 Å². The number of carbonyl (C=O) groups is 1. The van der Waals surface area contributed by atoms with Gasteiger partial charge in [0.2, 0.25) is 17.6 Å². The van der Waals surface area contributed by atoms with E-state index in [0.29, 0.717) is 35.4 Å². The van der Waals surface area contributed by atoms with Crippen LogP contribution in [0.2, 0.25) is 5.02 Å². The number of carbonyl (C=O) groups excluding carboxylic acids is 1. The summed E-state index contributed by atoms with van der Waals surface area (Å²) in [6.07, 6.45) is 0. The number of amides is 1. The van der Waals surface area contributed by atoms with Crippen LogP contribution in [0.5, 0.6) is 0 Å². The molecule has 7 heteroatoms. The Morgan fingerprint density at radius 1 is 1.20 bits per heavy atom. The Hall–Kier alpha value is -2.70. The van der Waals surface area contributed by atoms with Gasteiger partial charge in [-0.05, 0) is 49.0 Å². The minimum absolute atomic E-state index is 0.436. The Bertz CT molecular complexity index is 877. The normalized spacial score (nSPS) is 11.0. The second-order valence-corrected chi connectivity index (χ2v) is 6.19. The molecule has 2 aromatic carbocycles. The van der Waals surface area contributed by atoms with Gasteiger partial charge in [-0.3, -0.25) is 9.69 Å². The first-order valence-corrected chi connectivity index (χ1v) is 8.05. The number of hydrogen-bond acceptors (Lipinski definition) is 5. The summed E-state index contributed by atoms with van der Waals surface area (Å²) in [5, 5.41) is 4.65. The topological polar surface area (TPSA) is 85.2 Å². The average molecular weight is 357 g/mol. The lowest BCUT2D eigenvalue weighted by atomic mass is 10.1. The first-order chi connectivity index (χ1) is 12.0. The minimum Gasteiger partial charge on any atom is -0.366 e. The van der Waals surface area contributed by atoms with Crippen LogP contribution in [0.15, 0.2) is 53.1 Å². The van der Waals surface area contributed by atoms with Crippen LogP contribution in [0.25, 0.3) is 11.4 Å². The lowest BCUT2D eigenvalue weighted by Gasteiger charge is -2.14. The number of aromatic nitrogens is 2. The van der Waals surface area contributed by atoms with E-state index in [1.165, 1.54) is 0 Å². The largest absolute Gasteiger partial charge is 0.366 e. The zero-order chi connectivity index (χ0) is 17.8. The second-order valence-electron chi connectivity index (χ2n) is 5.76. The third kappa shape index (κ3) is 4.43. The lowest BCUT2D eigenvalue weighted by molar-refractivity contribution is 0.1000. The predicted octanol–water partition coefficient (Wildman–Crippen LogP) is 3.12. The first-order valence-electron chi connectivity index (χ1n) is 7.67. The Labute approximate surface area is 150 Å². The van der Waals surface area contributed by atoms with Crippen molar-refractivity contribution in [2.75, 3.05) is 7.05 Å². The zero-order valence-corrected chi connectivity index (χ0v) is 14.4. The fourth-order valence-corrected chi connectivity index (χ4v) is 2.58. The van der Waals surface area contributed by atoms with Crippen LogP contribution in [0.1, 0.15) is 21.8 Å². The zero-order valence-electron chi connectivity index (χ0n) is 13.6. The molecule has 0 aliphatic carbocycles. The van der Waals surface area contributed by atoms with Gasteiger partial charge in [0.15, 0.2) is 0 Å². The van der Waals surface area contributed by atoms with Gasteiger partial charge in [0.05, 0.1) is 6.54 Å². The van der Waals surface area contributed by atoms with E-state index in [9.17, 15) is 4.79 Å². The van der Waals surface area contributed by atoms with E-state index in [-0.39, 0.29) is 0 Å². The van der Waals surface area contributed by atoms with Crippen LogP contribution in [-0.4, -0.2) is 28.0 Å². The maximum absolute atomic E-state index is 11.3. The molecule has 0 bridgehead atoms. The van der Waals surface area contributed by atoms with E-state index >= 15 is 0 Å². The molecule has 25 heavy (non-hydrogen) atoms. The second kappa shape index (κ2) is 7.46. The summed E-state index contributed by atoms with van der Waals surface area (Å²) in [7, 11) is 1.93. The number of halogens is 1. The van der Waals surface area contributed by atoms with Crippen LogP contribution in [-0.2, 0) is 13.1 Å². The van der Waals surface area contributed by atoms with Gasteiger partial charge in [-0.15, -0.1) is 0 Å². The molecule has 6 nitrogen and oxygen atoms in total. The highest BCUT2D eigenvalue weighted by molar-refractivity contribution is 6.30. The quantitative estimate of drug-likeness (QED) is 0.733. The number of primary amides is 1. The van der Waals surface area contributed by atoms with Gasteiger partial charge in [-0.1, -0.05) is 28.9 Å². The third-order valence-electron chi connectivity index (χ3n) is 3.64. The fraction of sp³-hybridized carbons (Fsp3) is 0.167. The lowest BCUT2D eigenvalue weighted by Crippen LogP contribution is -2.18. The molecular formula is C18H17ClN4O2. The molecule has 0 aliphatic rings. The van der Waals surface area contributed by atoms with Crippen LogP contribution >= 0.6 is 11.6 Å². The number of nitrogens with zero attached hydrogens (tertiary/aromatic N) is 3. The number of nitrogens with two attached hydrogens (primary N) is 1. The number of rotatable bonds is 6. The smallest absolute Gasteiger partial charge is 0.248 e. The van der Waals surface area contributed by atoms with Crippen LogP contribution in [0.3, 0.4) is 0 Å². The highest BCUT2D eigenvalue weighted by Crippen LogP contribution is 2.19. The summed E-state index contributed by atoms with van der Waals surface area (Å²) in [4.78, 5) is 17.7. The van der Waals surface area contributed by atoms with E-state index in [1.54, 1.807) is 24.3 Å². The number of benzene rings is 2. The van der Waals surface area contributed by atoms with Gasteiger partial charge in [-0.2, -0.15) is 4.98 Å². The summed E-state index contributed by atoms with van der Waals surface area (Å²) < 4.78 is 5.31. The molecule has 0 aliphatic heterocycles. The molecule has 0 radical (unpaired) electrons. The molecular weight excluding hydrogens is 340 g/mol. The van der Waals surface area contributed by atoms with Crippen molar-refractivity contribution < 1.29 is 9.32 Å². The highest BCUT2D eigenvalue weighted by Gasteiger charge is 2.11. The standard InChI is InChI=1S/C18H17ClN4O2/c1-23(10-12-3-2-4-14(9-12)17(20)24)11-16-21-18(22-25-16)13-5-7-15(19)8-6-13/h2-9H,10-11H2,1H3,(H2,20,24). The molecule has 3 aromatic rings. The van der Waals surface area contributed by atoms with Crippen molar-refractivity contribution in [3.63, 3.8) is 0 Å². The van der Waals surface area contributed by atoms with Crippen molar-refractivity contribution in [2.45, 2.75) is 13.1 Å². The van der Waals surface area contributed by atoms with Crippen molar-refractivity contribution in [3.05, 3.63) is 70.6 Å². The molecule has 128 valence electrons. The maximum atomic E-state index is 11.3. The summed E-state index contributed by atoms with van der Waals surface area (Å²) in [5.41, 5.74) is 7.63. The summed E-state index contributed by atoms with van der Waals surface area (Å²) in [5.74, 6) is 0.600. The molecule has 0 saturated carbocycles. The fourth-order valence-electron chi connectivity index (χ4n) is 2.46. The molecule has 1 heterocycles. The predicted molar refractivity (Wildman–Crippen MR) is 94.9 cm³/mol. The first kappa shape index (κ1) is 17.1. The Morgan fingerprint density at radius 3 is 2.68 bits per heavy atom. The van der Waals surface area contributed by atoms with Crippen molar-refractivity contribution in [1.29, 1.82) is 0 Å². The van der Waals surface area contributed by atoms with Crippen molar-refractivity contribution >= 4 is 17.5 Å². The third-order valence-corrected chi connectivity index (χ3v) is 3.89. The van der Waals surface area contributed by atoms with Crippen LogP contribution in [0.4, 0.5) is 0 Å². The molecule has 1 aromatic heterocycles. The Morgan fingerprint density at radius 2 is 1.96 bits per heavy atom. The molecule has 3 rings (SSSR count). The van der Waals surface area contributed by atoms with Gasteiger partial charge in [0, 0.05) is 22.7 Å². The molecule has 0 fully saturated rings. The van der Waals surface area contributed by atoms with Crippen molar-refractivity contribution in [2.24, 2.45) is 5.73 Å². The molecule has 0 atom stereocenters. The van der Waals surface area contributed by atoms with E-state index < -0.39 is 5.91 Å². The summed E-state index contributed by atoms with van der Waals surface area (Å²) in [6.45, 7) is 1.11. The van der Waals surface area contributed by atoms with E-state index in [2.05, 4.69) is 10.1 Å². The molecule has 1 amide bonds. The van der Waals surface area contributed by atoms with Gasteiger partial charge >= 0.3 is 0 Å². The molecule has 0 unspecified atom stereocenters. The number of hydrogen-bond donors (Lipinski definition) is 1. The minimum atomic E-state index is -0.436. The Balaban J connectivity index is 1.65. The van der Waals surface area contributed by atoms with Crippen molar-refractivity contribution in [1.82, 2.24) is 15.0 Å². The maximum Gasteiger partial charge on any atom is 0.248 e. The molecule has 2 N–H and O–H groups in total. The molecule has 0 saturated heterocycles. The SMILES string of the molecule is CN(Cc1cccc(C(N)=O)c1)Cc1nc(-c2ccc(Cl)cc2)no1. The molecule has 0 spiro atoms. The van der Waals surface area contributed by atoms with Crippen LogP contribution < -0.4 is 5.73 Å². The Kier molecular flexibility index (Phi) is 5.11. The van der Waals surface area contributed by atoms with Gasteiger partial charge in [-0.25, -0.2) is 0 Å². The van der Waals surface area contributed by atoms with E-state index in [4.69, 9.17) is 21.9 Å². The van der Waals surface area contributed by atoms with E-state index in [1.807, 2.05) is 36.2 Å². The highest BCUT2D eigenvalue weighted by atomic mass is 35.5. The van der Waals surface area contributed by atoms with Gasteiger partial charge < -0.3 is 10.3 Å². The monoisotopic (exact) mass is 356 g/mol. The summed E-state index contributed by atoms with van der Waals surface area (Å²) in [6, 6.07) is 14.5. The average Bonchev–Trinajstić information content (AvgIpc) is 3.04.